The molecular weight excluding hydrogens is 291 g/mol. The number of nitrogens with zero attached hydrogens (tertiary/aromatic N) is 2. The molecular formula is C15H15FN2O4. The van der Waals surface area contributed by atoms with Gasteiger partial charge in [-0.15, -0.1) is 4.73 Å². The maximum atomic E-state index is 13.4. The molecule has 6 nitrogen and oxygen atoms in total. The highest BCUT2D eigenvalue weighted by Crippen LogP contribution is 2.15. The lowest BCUT2D eigenvalue weighted by atomic mass is 10.1. The molecule has 0 atom stereocenters. The number of hydrogen-bond donors (Lipinski definition) is 0. The Bertz CT molecular complexity index is 781. The van der Waals surface area contributed by atoms with Gasteiger partial charge in [0, 0.05) is 13.1 Å². The monoisotopic (exact) mass is 306 g/mol. The summed E-state index contributed by atoms with van der Waals surface area (Å²) in [7, 11) is 1.31. The number of carbonyl (C=O) groups is 1. The molecule has 0 saturated carbocycles. The third-order valence-corrected chi connectivity index (χ3v) is 3.64. The maximum Gasteiger partial charge on any atom is 0.291 e. The van der Waals surface area contributed by atoms with Gasteiger partial charge in [-0.2, -0.15) is 0 Å². The van der Waals surface area contributed by atoms with Gasteiger partial charge < -0.3 is 14.5 Å². The lowest BCUT2D eigenvalue weighted by Gasteiger charge is -2.27. The molecule has 1 aliphatic rings. The summed E-state index contributed by atoms with van der Waals surface area (Å²) in [5, 5.41) is 0.664. The second kappa shape index (κ2) is 5.76. The molecule has 0 spiro atoms. The molecule has 116 valence electrons. The van der Waals surface area contributed by atoms with Crippen molar-refractivity contribution >= 4 is 16.7 Å². The molecule has 1 amide bonds. The summed E-state index contributed by atoms with van der Waals surface area (Å²) in [5.74, 6) is -0.805. The maximum absolute atomic E-state index is 13.4. The Balaban J connectivity index is 2.15. The van der Waals surface area contributed by atoms with Crippen LogP contribution in [0.1, 0.15) is 10.5 Å². The van der Waals surface area contributed by atoms with Crippen molar-refractivity contribution in [2.75, 3.05) is 33.4 Å². The average Bonchev–Trinajstić information content (AvgIpc) is 2.54. The standard InChI is InChI=1S/C15H15FN2O4/c1-21-18-13(15(20)17-4-6-22-7-5-17)9-10-8-11(16)2-3-12(10)14(18)19/h2-3,8-9H,4-7H2,1H3. The van der Waals surface area contributed by atoms with Crippen molar-refractivity contribution in [3.05, 3.63) is 46.1 Å². The molecule has 22 heavy (non-hydrogen) atoms. The van der Waals surface area contributed by atoms with Gasteiger partial charge in [0.2, 0.25) is 0 Å². The van der Waals surface area contributed by atoms with Gasteiger partial charge in [0.25, 0.3) is 11.5 Å². The van der Waals surface area contributed by atoms with E-state index in [9.17, 15) is 14.0 Å². The van der Waals surface area contributed by atoms with Crippen molar-refractivity contribution < 1.29 is 18.8 Å². The molecule has 3 rings (SSSR count). The van der Waals surface area contributed by atoms with Crippen molar-refractivity contribution in [1.29, 1.82) is 0 Å². The number of carbonyl (C=O) groups excluding carboxylic acids is 1. The number of amides is 1. The highest BCUT2D eigenvalue weighted by Gasteiger charge is 2.23. The molecule has 2 aromatic rings. The van der Waals surface area contributed by atoms with Crippen LogP contribution in [-0.2, 0) is 4.74 Å². The van der Waals surface area contributed by atoms with Crippen LogP contribution in [0, 0.1) is 5.82 Å². The van der Waals surface area contributed by atoms with Gasteiger partial charge in [-0.25, -0.2) is 4.39 Å². The van der Waals surface area contributed by atoms with Gasteiger partial charge in [-0.3, -0.25) is 9.59 Å². The van der Waals surface area contributed by atoms with Crippen LogP contribution >= 0.6 is 0 Å². The van der Waals surface area contributed by atoms with Crippen LogP contribution in [0.3, 0.4) is 0 Å². The number of benzene rings is 1. The summed E-state index contributed by atoms with van der Waals surface area (Å²) < 4.78 is 19.5. The summed E-state index contributed by atoms with van der Waals surface area (Å²) in [6.07, 6.45) is 0. The van der Waals surface area contributed by atoms with Crippen LogP contribution in [0.2, 0.25) is 0 Å². The Morgan fingerprint density at radius 1 is 1.27 bits per heavy atom. The molecule has 1 saturated heterocycles. The van der Waals surface area contributed by atoms with Crippen LogP contribution in [0.5, 0.6) is 0 Å². The molecule has 7 heteroatoms. The molecule has 2 heterocycles. The van der Waals surface area contributed by atoms with E-state index in [1.54, 1.807) is 4.90 Å². The Labute approximate surface area is 125 Å². The zero-order valence-electron chi connectivity index (χ0n) is 12.0. The number of rotatable bonds is 2. The van der Waals surface area contributed by atoms with Gasteiger partial charge in [-0.05, 0) is 29.7 Å². The van der Waals surface area contributed by atoms with E-state index in [1.807, 2.05) is 0 Å². The number of morpholine rings is 1. The lowest BCUT2D eigenvalue weighted by molar-refractivity contribution is 0.0271. The van der Waals surface area contributed by atoms with Crippen molar-refractivity contribution in [3.63, 3.8) is 0 Å². The Morgan fingerprint density at radius 3 is 2.68 bits per heavy atom. The minimum absolute atomic E-state index is 0.0764. The fourth-order valence-corrected chi connectivity index (χ4v) is 2.53. The quantitative estimate of drug-likeness (QED) is 0.818. The number of hydrogen-bond acceptors (Lipinski definition) is 4. The van der Waals surface area contributed by atoms with Crippen LogP contribution < -0.4 is 10.4 Å². The predicted octanol–water partition coefficient (Wildman–Crippen LogP) is 0.671. The molecule has 0 radical (unpaired) electrons. The first kappa shape index (κ1) is 14.5. The molecule has 1 aliphatic heterocycles. The first-order valence-electron chi connectivity index (χ1n) is 6.88. The van der Waals surface area contributed by atoms with E-state index < -0.39 is 11.4 Å². The molecule has 1 aromatic carbocycles. The molecule has 0 N–H and O–H groups in total. The van der Waals surface area contributed by atoms with Crippen LogP contribution in [0.4, 0.5) is 4.39 Å². The molecule has 0 bridgehead atoms. The van der Waals surface area contributed by atoms with Gasteiger partial charge in [-0.1, -0.05) is 0 Å². The third kappa shape index (κ3) is 2.43. The first-order valence-corrected chi connectivity index (χ1v) is 6.88. The van der Waals surface area contributed by atoms with Crippen LogP contribution in [-0.4, -0.2) is 49.0 Å². The number of aromatic nitrogens is 1. The second-order valence-corrected chi connectivity index (χ2v) is 4.95. The average molecular weight is 306 g/mol. The molecule has 1 aromatic heterocycles. The van der Waals surface area contributed by atoms with E-state index >= 15 is 0 Å². The summed E-state index contributed by atoms with van der Waals surface area (Å²) in [5.41, 5.74) is -0.413. The van der Waals surface area contributed by atoms with Crippen molar-refractivity contribution in [1.82, 2.24) is 9.63 Å². The highest BCUT2D eigenvalue weighted by atomic mass is 19.1. The van der Waals surface area contributed by atoms with Crippen LogP contribution in [0.15, 0.2) is 29.1 Å². The largest absolute Gasteiger partial charge is 0.413 e. The van der Waals surface area contributed by atoms with Crippen molar-refractivity contribution in [2.45, 2.75) is 0 Å². The highest BCUT2D eigenvalue weighted by molar-refractivity contribution is 5.96. The third-order valence-electron chi connectivity index (χ3n) is 3.64. The summed E-state index contributed by atoms with van der Waals surface area (Å²) >= 11 is 0. The number of fused-ring (bicyclic) bond motifs is 1. The minimum atomic E-state index is -0.489. The van der Waals surface area contributed by atoms with Crippen molar-refractivity contribution in [2.24, 2.45) is 0 Å². The Hall–Kier alpha value is -2.41. The fraction of sp³-hybridized carbons (Fsp3) is 0.333. The number of halogens is 1. The van der Waals surface area contributed by atoms with Gasteiger partial charge in [0.05, 0.1) is 18.6 Å². The molecule has 0 aliphatic carbocycles. The van der Waals surface area contributed by atoms with E-state index in [1.165, 1.54) is 31.4 Å². The summed E-state index contributed by atoms with van der Waals surface area (Å²) in [6.45, 7) is 1.78. The second-order valence-electron chi connectivity index (χ2n) is 4.95. The fourth-order valence-electron chi connectivity index (χ4n) is 2.53. The summed E-state index contributed by atoms with van der Waals surface area (Å²) in [6, 6.07) is 5.28. The molecule has 0 unspecified atom stereocenters. The molecule has 1 fully saturated rings. The van der Waals surface area contributed by atoms with Crippen LogP contribution in [0.25, 0.3) is 10.8 Å². The Kier molecular flexibility index (Phi) is 3.81. The van der Waals surface area contributed by atoms with Gasteiger partial charge in [0.15, 0.2) is 0 Å². The van der Waals surface area contributed by atoms with Crippen molar-refractivity contribution in [3.8, 4) is 0 Å². The smallest absolute Gasteiger partial charge is 0.291 e. The topological polar surface area (TPSA) is 60.8 Å². The number of pyridine rings is 1. The predicted molar refractivity (Wildman–Crippen MR) is 77.4 cm³/mol. The zero-order valence-corrected chi connectivity index (χ0v) is 12.0. The SMILES string of the molecule is COn1c(C(=O)N2CCOCC2)cc2cc(F)ccc2c1=O. The van der Waals surface area contributed by atoms with E-state index in [0.717, 1.165) is 4.73 Å². The van der Waals surface area contributed by atoms with E-state index in [-0.39, 0.29) is 11.6 Å². The normalized spacial score (nSPS) is 15.1. The zero-order chi connectivity index (χ0) is 15.7. The first-order chi connectivity index (χ1) is 10.6. The lowest BCUT2D eigenvalue weighted by Crippen LogP contribution is -2.43. The van der Waals surface area contributed by atoms with Gasteiger partial charge >= 0.3 is 0 Å². The van der Waals surface area contributed by atoms with Gasteiger partial charge in [0.1, 0.15) is 18.6 Å². The van der Waals surface area contributed by atoms with E-state index in [2.05, 4.69) is 0 Å². The van der Waals surface area contributed by atoms with E-state index in [0.29, 0.717) is 37.1 Å². The number of ether oxygens (including phenoxy) is 1. The van der Waals surface area contributed by atoms with E-state index in [4.69, 9.17) is 9.57 Å². The summed E-state index contributed by atoms with van der Waals surface area (Å²) in [4.78, 5) is 31.6. The minimum Gasteiger partial charge on any atom is -0.413 e. The Morgan fingerprint density at radius 2 is 2.00 bits per heavy atom.